The second-order valence-electron chi connectivity index (χ2n) is 3.80. The van der Waals surface area contributed by atoms with Gasteiger partial charge in [-0.25, -0.2) is 0 Å². The molecule has 0 aromatic heterocycles. The van der Waals surface area contributed by atoms with E-state index in [0.717, 1.165) is 22.3 Å². The maximum absolute atomic E-state index is 5.15. The molecule has 0 unspecified atom stereocenters. The molecule has 0 amide bonds. The molecule has 0 aliphatic carbocycles. The molecule has 0 saturated heterocycles. The standard InChI is InChI=1S/C16H12S2/c17-11-15(13-7-3-1-4-8-13)16(12-18)14-9-5-2-6-10-14/h1-12H/b16-15+. The van der Waals surface area contributed by atoms with Crippen LogP contribution >= 0.6 is 24.4 Å². The smallest absolute Gasteiger partial charge is 0.00986 e. The molecule has 0 saturated carbocycles. The number of hydrogen-bond acceptors (Lipinski definition) is 2. The fourth-order valence-electron chi connectivity index (χ4n) is 1.81. The lowest BCUT2D eigenvalue weighted by Gasteiger charge is -2.08. The summed E-state index contributed by atoms with van der Waals surface area (Å²) in [5.74, 6) is 0. The Hall–Kier alpha value is -1.64. The van der Waals surface area contributed by atoms with Gasteiger partial charge in [0.1, 0.15) is 0 Å². The van der Waals surface area contributed by atoms with Crippen molar-refractivity contribution >= 4 is 46.3 Å². The molecular formula is C16H12S2. The SMILES string of the molecule is S=C/C(=C(/C=S)c1ccccc1)c1ccccc1. The van der Waals surface area contributed by atoms with Gasteiger partial charge in [-0.3, -0.25) is 0 Å². The highest BCUT2D eigenvalue weighted by Gasteiger charge is 2.06. The molecule has 0 aliphatic heterocycles. The van der Waals surface area contributed by atoms with E-state index >= 15 is 0 Å². The predicted molar refractivity (Wildman–Crippen MR) is 87.0 cm³/mol. The molecule has 0 spiro atoms. The van der Waals surface area contributed by atoms with Gasteiger partial charge in [0.2, 0.25) is 0 Å². The molecular weight excluding hydrogens is 256 g/mol. The predicted octanol–water partition coefficient (Wildman–Crippen LogP) is 4.60. The van der Waals surface area contributed by atoms with Gasteiger partial charge in [-0.1, -0.05) is 85.1 Å². The van der Waals surface area contributed by atoms with E-state index in [4.69, 9.17) is 24.4 Å². The van der Waals surface area contributed by atoms with Gasteiger partial charge in [0.05, 0.1) is 0 Å². The largest absolute Gasteiger partial charge is 0.0880 e. The van der Waals surface area contributed by atoms with Crippen molar-refractivity contribution in [3.8, 4) is 0 Å². The Kier molecular flexibility index (Phi) is 4.51. The highest BCUT2D eigenvalue weighted by molar-refractivity contribution is 7.80. The Morgan fingerprint density at radius 1 is 0.611 bits per heavy atom. The summed E-state index contributed by atoms with van der Waals surface area (Å²) in [5.41, 5.74) is 4.17. The van der Waals surface area contributed by atoms with Crippen molar-refractivity contribution in [3.63, 3.8) is 0 Å². The van der Waals surface area contributed by atoms with Crippen LogP contribution in [0.15, 0.2) is 60.7 Å². The topological polar surface area (TPSA) is 0 Å². The number of rotatable bonds is 4. The van der Waals surface area contributed by atoms with Gasteiger partial charge in [0.15, 0.2) is 0 Å². The first-order valence-corrected chi connectivity index (χ1v) is 6.56. The minimum Gasteiger partial charge on any atom is -0.0880 e. The van der Waals surface area contributed by atoms with Crippen LogP contribution in [0.5, 0.6) is 0 Å². The summed E-state index contributed by atoms with van der Waals surface area (Å²) < 4.78 is 0. The number of benzene rings is 2. The van der Waals surface area contributed by atoms with Crippen LogP contribution in [0.1, 0.15) is 11.1 Å². The van der Waals surface area contributed by atoms with Gasteiger partial charge in [-0.15, -0.1) is 0 Å². The number of hydrogen-bond donors (Lipinski definition) is 0. The highest BCUT2D eigenvalue weighted by Crippen LogP contribution is 2.24. The van der Waals surface area contributed by atoms with Crippen LogP contribution < -0.4 is 0 Å². The van der Waals surface area contributed by atoms with Crippen LogP contribution in [0.4, 0.5) is 0 Å². The third-order valence-electron chi connectivity index (χ3n) is 2.70. The zero-order valence-electron chi connectivity index (χ0n) is 9.74. The summed E-state index contributed by atoms with van der Waals surface area (Å²) >= 11 is 10.3. The maximum Gasteiger partial charge on any atom is 0.00986 e. The maximum atomic E-state index is 5.15. The number of thiocarbonyl (C=S) groups is 2. The Bertz CT molecular complexity index is 515. The average molecular weight is 268 g/mol. The second-order valence-corrected chi connectivity index (χ2v) is 4.27. The van der Waals surface area contributed by atoms with Crippen LogP contribution in [0.2, 0.25) is 0 Å². The molecule has 18 heavy (non-hydrogen) atoms. The van der Waals surface area contributed by atoms with E-state index in [1.165, 1.54) is 0 Å². The first-order valence-electron chi connectivity index (χ1n) is 5.62. The van der Waals surface area contributed by atoms with Gasteiger partial charge in [0.25, 0.3) is 0 Å². The highest BCUT2D eigenvalue weighted by atomic mass is 32.1. The molecule has 0 bridgehead atoms. The van der Waals surface area contributed by atoms with Gasteiger partial charge >= 0.3 is 0 Å². The lowest BCUT2D eigenvalue weighted by molar-refractivity contribution is 1.62. The minimum atomic E-state index is 0.992. The van der Waals surface area contributed by atoms with Crippen molar-refractivity contribution in [3.05, 3.63) is 71.8 Å². The summed E-state index contributed by atoms with van der Waals surface area (Å²) in [4.78, 5) is 0. The van der Waals surface area contributed by atoms with Crippen LogP contribution in [-0.2, 0) is 0 Å². The normalized spacial score (nSPS) is 11.6. The van der Waals surface area contributed by atoms with Crippen molar-refractivity contribution in [1.82, 2.24) is 0 Å². The second kappa shape index (κ2) is 6.34. The van der Waals surface area contributed by atoms with E-state index in [2.05, 4.69) is 0 Å². The van der Waals surface area contributed by atoms with Gasteiger partial charge in [-0.05, 0) is 11.1 Å². The first-order chi connectivity index (χ1) is 8.86. The van der Waals surface area contributed by atoms with Crippen molar-refractivity contribution in [2.24, 2.45) is 0 Å². The Labute approximate surface area is 118 Å². The fourth-order valence-corrected chi connectivity index (χ4v) is 2.34. The zero-order chi connectivity index (χ0) is 12.8. The van der Waals surface area contributed by atoms with Crippen molar-refractivity contribution in [1.29, 1.82) is 0 Å². The molecule has 2 heteroatoms. The summed E-state index contributed by atoms with van der Waals surface area (Å²) in [7, 11) is 0. The van der Waals surface area contributed by atoms with Gasteiger partial charge < -0.3 is 0 Å². The molecule has 0 radical (unpaired) electrons. The van der Waals surface area contributed by atoms with E-state index in [0.29, 0.717) is 0 Å². The Morgan fingerprint density at radius 3 is 1.22 bits per heavy atom. The molecule has 2 rings (SSSR count). The summed E-state index contributed by atoms with van der Waals surface area (Å²) in [6.45, 7) is 0. The van der Waals surface area contributed by atoms with Gasteiger partial charge in [0, 0.05) is 21.9 Å². The van der Waals surface area contributed by atoms with Crippen molar-refractivity contribution in [2.75, 3.05) is 0 Å². The molecule has 88 valence electrons. The third kappa shape index (κ3) is 2.78. The summed E-state index contributed by atoms with van der Waals surface area (Å²) in [5, 5.41) is 3.39. The quantitative estimate of drug-likeness (QED) is 0.451. The molecule has 0 fully saturated rings. The van der Waals surface area contributed by atoms with E-state index in [1.807, 2.05) is 60.7 Å². The Morgan fingerprint density at radius 2 is 0.944 bits per heavy atom. The number of allylic oxidation sites excluding steroid dienone is 2. The summed E-state index contributed by atoms with van der Waals surface area (Å²) in [6, 6.07) is 20.1. The summed E-state index contributed by atoms with van der Waals surface area (Å²) in [6.07, 6.45) is 0. The fraction of sp³-hybridized carbons (Fsp3) is 0. The van der Waals surface area contributed by atoms with Gasteiger partial charge in [-0.2, -0.15) is 0 Å². The molecule has 0 heterocycles. The van der Waals surface area contributed by atoms with E-state index in [-0.39, 0.29) is 0 Å². The van der Waals surface area contributed by atoms with Crippen LogP contribution in [0.25, 0.3) is 11.1 Å². The molecule has 0 N–H and O–H groups in total. The average Bonchev–Trinajstić information content (AvgIpc) is 2.46. The zero-order valence-corrected chi connectivity index (χ0v) is 11.4. The lowest BCUT2D eigenvalue weighted by Crippen LogP contribution is -1.93. The van der Waals surface area contributed by atoms with E-state index in [9.17, 15) is 0 Å². The minimum absolute atomic E-state index is 0.992. The molecule has 0 nitrogen and oxygen atoms in total. The van der Waals surface area contributed by atoms with Crippen LogP contribution in [-0.4, -0.2) is 10.7 Å². The lowest BCUT2D eigenvalue weighted by atomic mass is 9.97. The molecule has 0 atom stereocenters. The van der Waals surface area contributed by atoms with E-state index < -0.39 is 0 Å². The third-order valence-corrected chi connectivity index (χ3v) is 3.17. The molecule has 2 aromatic rings. The molecule has 0 aliphatic rings. The van der Waals surface area contributed by atoms with Crippen molar-refractivity contribution < 1.29 is 0 Å². The van der Waals surface area contributed by atoms with E-state index in [1.54, 1.807) is 10.7 Å². The van der Waals surface area contributed by atoms with Crippen LogP contribution in [0, 0.1) is 0 Å². The monoisotopic (exact) mass is 268 g/mol. The molecule has 2 aromatic carbocycles. The van der Waals surface area contributed by atoms with Crippen molar-refractivity contribution in [2.45, 2.75) is 0 Å². The first kappa shape index (κ1) is 12.8. The Balaban J connectivity index is 2.61. The van der Waals surface area contributed by atoms with Crippen LogP contribution in [0.3, 0.4) is 0 Å².